The van der Waals surface area contributed by atoms with Gasteiger partial charge in [-0.3, -0.25) is 10.1 Å². The van der Waals surface area contributed by atoms with Crippen LogP contribution in [0.25, 0.3) is 0 Å². The van der Waals surface area contributed by atoms with Crippen molar-refractivity contribution in [1.29, 1.82) is 0 Å². The minimum Gasteiger partial charge on any atom is -0.309 e. The second-order valence-electron chi connectivity index (χ2n) is 5.04. The Morgan fingerprint density at radius 3 is 2.29 bits per heavy atom. The van der Waals surface area contributed by atoms with Crippen LogP contribution in [0.2, 0.25) is 0 Å². The molecule has 0 fully saturated rings. The van der Waals surface area contributed by atoms with E-state index >= 15 is 0 Å². The summed E-state index contributed by atoms with van der Waals surface area (Å²) in [5.41, 5.74) is 4.50. The van der Waals surface area contributed by atoms with Crippen molar-refractivity contribution < 1.29 is 4.92 Å². The third-order valence-corrected chi connectivity index (χ3v) is 3.74. The van der Waals surface area contributed by atoms with E-state index in [2.05, 4.69) is 24.4 Å². The zero-order valence-corrected chi connectivity index (χ0v) is 12.4. The molecule has 0 spiro atoms. The molecule has 21 heavy (non-hydrogen) atoms. The zero-order chi connectivity index (χ0) is 15.2. The minimum atomic E-state index is -0.328. The molecule has 0 unspecified atom stereocenters. The van der Waals surface area contributed by atoms with E-state index < -0.39 is 0 Å². The first kappa shape index (κ1) is 15.2. The summed E-state index contributed by atoms with van der Waals surface area (Å²) < 4.78 is 0. The van der Waals surface area contributed by atoms with Gasteiger partial charge in [0.15, 0.2) is 0 Å². The van der Waals surface area contributed by atoms with Gasteiger partial charge < -0.3 is 5.32 Å². The molecule has 0 atom stereocenters. The summed E-state index contributed by atoms with van der Waals surface area (Å²) in [6, 6.07) is 13.6. The smallest absolute Gasteiger partial charge is 0.272 e. The quantitative estimate of drug-likeness (QED) is 0.649. The highest BCUT2D eigenvalue weighted by atomic mass is 16.6. The predicted molar refractivity (Wildman–Crippen MR) is 84.2 cm³/mol. The van der Waals surface area contributed by atoms with Crippen molar-refractivity contribution >= 4 is 5.69 Å². The van der Waals surface area contributed by atoms with E-state index in [4.69, 9.17) is 0 Å². The van der Waals surface area contributed by atoms with E-state index in [0.29, 0.717) is 6.54 Å². The topological polar surface area (TPSA) is 55.2 Å². The Balaban J connectivity index is 2.04. The van der Waals surface area contributed by atoms with Crippen molar-refractivity contribution in [1.82, 2.24) is 5.32 Å². The molecular formula is C17H20N2O2. The first-order valence-electron chi connectivity index (χ1n) is 7.13. The lowest BCUT2D eigenvalue weighted by Crippen LogP contribution is -2.15. The van der Waals surface area contributed by atoms with Gasteiger partial charge in [0.25, 0.3) is 5.69 Å². The van der Waals surface area contributed by atoms with E-state index in [9.17, 15) is 10.1 Å². The summed E-state index contributed by atoms with van der Waals surface area (Å²) >= 11 is 0. The van der Waals surface area contributed by atoms with Crippen molar-refractivity contribution in [3.8, 4) is 0 Å². The van der Waals surface area contributed by atoms with E-state index in [1.807, 2.05) is 18.2 Å². The molecule has 0 saturated heterocycles. The van der Waals surface area contributed by atoms with Crippen molar-refractivity contribution in [3.05, 3.63) is 74.8 Å². The molecule has 0 aliphatic rings. The molecule has 2 aromatic carbocycles. The number of nitrogens with zero attached hydrogens (tertiary/aromatic N) is 1. The van der Waals surface area contributed by atoms with Gasteiger partial charge in [0.05, 0.1) is 4.92 Å². The highest BCUT2D eigenvalue weighted by molar-refractivity contribution is 5.44. The Morgan fingerprint density at radius 1 is 1.00 bits per heavy atom. The molecule has 0 aliphatic heterocycles. The Labute approximate surface area is 125 Å². The Bertz CT molecular complexity index is 638. The van der Waals surface area contributed by atoms with Gasteiger partial charge in [0.1, 0.15) is 0 Å². The molecule has 110 valence electrons. The maximum atomic E-state index is 10.9. The number of nitro groups is 1. The van der Waals surface area contributed by atoms with Crippen LogP contribution < -0.4 is 5.32 Å². The van der Waals surface area contributed by atoms with E-state index in [0.717, 1.165) is 24.1 Å². The first-order chi connectivity index (χ1) is 10.1. The van der Waals surface area contributed by atoms with Gasteiger partial charge in [-0.15, -0.1) is 0 Å². The van der Waals surface area contributed by atoms with Crippen LogP contribution in [0.15, 0.2) is 42.5 Å². The maximum Gasteiger partial charge on any atom is 0.272 e. The molecule has 0 amide bonds. The van der Waals surface area contributed by atoms with Crippen LogP contribution in [0.5, 0.6) is 0 Å². The molecule has 0 bridgehead atoms. The third kappa shape index (κ3) is 3.67. The van der Waals surface area contributed by atoms with Crippen LogP contribution in [0.3, 0.4) is 0 Å². The van der Waals surface area contributed by atoms with Crippen molar-refractivity contribution in [2.45, 2.75) is 33.4 Å². The van der Waals surface area contributed by atoms with Crippen LogP contribution in [0.4, 0.5) is 5.69 Å². The summed E-state index contributed by atoms with van der Waals surface area (Å²) in [7, 11) is 0. The SMILES string of the molecule is CCc1ccccc1CNCc1cccc([N+](=O)[O-])c1C. The third-order valence-electron chi connectivity index (χ3n) is 3.74. The summed E-state index contributed by atoms with van der Waals surface area (Å²) in [6.45, 7) is 5.34. The fourth-order valence-electron chi connectivity index (χ4n) is 2.47. The fourth-order valence-corrected chi connectivity index (χ4v) is 2.47. The molecule has 2 rings (SSSR count). The fraction of sp³-hybridized carbons (Fsp3) is 0.294. The van der Waals surface area contributed by atoms with Gasteiger partial charge in [0.2, 0.25) is 0 Å². The lowest BCUT2D eigenvalue weighted by molar-refractivity contribution is -0.385. The minimum absolute atomic E-state index is 0.184. The van der Waals surface area contributed by atoms with Gasteiger partial charge in [-0.05, 0) is 30.0 Å². The normalized spacial score (nSPS) is 10.6. The van der Waals surface area contributed by atoms with Crippen LogP contribution >= 0.6 is 0 Å². The Hall–Kier alpha value is -2.20. The number of benzene rings is 2. The number of hydrogen-bond acceptors (Lipinski definition) is 3. The van der Waals surface area contributed by atoms with Crippen LogP contribution in [0, 0.1) is 17.0 Å². The highest BCUT2D eigenvalue weighted by Gasteiger charge is 2.12. The van der Waals surface area contributed by atoms with Crippen LogP contribution in [0.1, 0.15) is 29.2 Å². The summed E-state index contributed by atoms with van der Waals surface area (Å²) in [4.78, 5) is 10.6. The van der Waals surface area contributed by atoms with Gasteiger partial charge in [-0.1, -0.05) is 43.3 Å². The molecular weight excluding hydrogens is 264 g/mol. The molecule has 1 N–H and O–H groups in total. The average molecular weight is 284 g/mol. The molecule has 4 heteroatoms. The molecule has 0 aromatic heterocycles. The molecule has 0 aliphatic carbocycles. The van der Waals surface area contributed by atoms with Gasteiger partial charge in [-0.2, -0.15) is 0 Å². The van der Waals surface area contributed by atoms with Crippen LogP contribution in [-0.2, 0) is 19.5 Å². The van der Waals surface area contributed by atoms with Crippen molar-refractivity contribution in [2.75, 3.05) is 0 Å². The second kappa shape index (κ2) is 6.99. The molecule has 0 saturated carbocycles. The molecule has 0 heterocycles. The first-order valence-corrected chi connectivity index (χ1v) is 7.13. The predicted octanol–water partition coefficient (Wildman–Crippen LogP) is 3.76. The lowest BCUT2D eigenvalue weighted by atomic mass is 10.0. The number of hydrogen-bond donors (Lipinski definition) is 1. The molecule has 2 aromatic rings. The van der Waals surface area contributed by atoms with E-state index in [1.54, 1.807) is 19.1 Å². The lowest BCUT2D eigenvalue weighted by Gasteiger charge is -2.10. The number of nitrogens with one attached hydrogen (secondary N) is 1. The van der Waals surface area contributed by atoms with Crippen molar-refractivity contribution in [2.24, 2.45) is 0 Å². The van der Waals surface area contributed by atoms with Gasteiger partial charge in [0, 0.05) is 24.7 Å². The summed E-state index contributed by atoms with van der Waals surface area (Å²) in [5.74, 6) is 0. The molecule has 0 radical (unpaired) electrons. The van der Waals surface area contributed by atoms with E-state index in [-0.39, 0.29) is 10.6 Å². The highest BCUT2D eigenvalue weighted by Crippen LogP contribution is 2.21. The largest absolute Gasteiger partial charge is 0.309 e. The Kier molecular flexibility index (Phi) is 5.06. The molecule has 4 nitrogen and oxygen atoms in total. The van der Waals surface area contributed by atoms with Crippen molar-refractivity contribution in [3.63, 3.8) is 0 Å². The number of rotatable bonds is 6. The number of nitro benzene ring substituents is 1. The second-order valence-corrected chi connectivity index (χ2v) is 5.04. The maximum absolute atomic E-state index is 10.9. The number of aryl methyl sites for hydroxylation is 1. The average Bonchev–Trinajstić information content (AvgIpc) is 2.49. The zero-order valence-electron chi connectivity index (χ0n) is 12.4. The van der Waals surface area contributed by atoms with E-state index in [1.165, 1.54) is 11.1 Å². The summed E-state index contributed by atoms with van der Waals surface area (Å²) in [5, 5.41) is 14.3. The van der Waals surface area contributed by atoms with Crippen LogP contribution in [-0.4, -0.2) is 4.92 Å². The van der Waals surface area contributed by atoms with Gasteiger partial charge in [-0.25, -0.2) is 0 Å². The standard InChI is InChI=1S/C17H20N2O2/c1-3-14-7-4-5-8-16(14)12-18-11-15-9-6-10-17(13(15)2)19(20)21/h4-10,18H,3,11-12H2,1-2H3. The summed E-state index contributed by atoms with van der Waals surface area (Å²) in [6.07, 6.45) is 1.01. The van der Waals surface area contributed by atoms with Gasteiger partial charge >= 0.3 is 0 Å². The Morgan fingerprint density at radius 2 is 1.62 bits per heavy atom. The monoisotopic (exact) mass is 284 g/mol.